The number of anilines is 1. The standard InChI is InChI=1S/C19H23ClFN3O/c20-16-5-6-22-19-15(16)3-4-17(18(19)21)24-7-1-2-14(13-24)12-23-8-10-25-11-9-23/h3-6,14H,1-2,7-13H2. The molecule has 2 fully saturated rings. The van der Waals surface area contributed by atoms with Crippen molar-refractivity contribution in [3.63, 3.8) is 0 Å². The van der Waals surface area contributed by atoms with E-state index in [1.54, 1.807) is 12.3 Å². The van der Waals surface area contributed by atoms with Crippen molar-refractivity contribution < 1.29 is 9.13 Å². The number of rotatable bonds is 3. The molecule has 0 saturated carbocycles. The fourth-order valence-electron chi connectivity index (χ4n) is 3.97. The molecule has 25 heavy (non-hydrogen) atoms. The van der Waals surface area contributed by atoms with E-state index in [0.29, 0.717) is 27.5 Å². The topological polar surface area (TPSA) is 28.6 Å². The van der Waals surface area contributed by atoms with E-state index in [0.717, 1.165) is 52.4 Å². The van der Waals surface area contributed by atoms with Gasteiger partial charge in [-0.3, -0.25) is 9.88 Å². The van der Waals surface area contributed by atoms with E-state index >= 15 is 4.39 Å². The van der Waals surface area contributed by atoms with Crippen LogP contribution < -0.4 is 4.90 Å². The second kappa shape index (κ2) is 7.44. The average molecular weight is 364 g/mol. The second-order valence-electron chi connectivity index (χ2n) is 6.95. The maximum atomic E-state index is 15.0. The highest BCUT2D eigenvalue weighted by atomic mass is 35.5. The molecule has 2 aliphatic heterocycles. The molecule has 0 amide bonds. The number of ether oxygens (including phenoxy) is 1. The summed E-state index contributed by atoms with van der Waals surface area (Å²) in [7, 11) is 0. The van der Waals surface area contributed by atoms with Gasteiger partial charge in [0.25, 0.3) is 0 Å². The van der Waals surface area contributed by atoms with Gasteiger partial charge in [0.05, 0.1) is 23.9 Å². The fraction of sp³-hybridized carbons (Fsp3) is 0.526. The van der Waals surface area contributed by atoms with Gasteiger partial charge in [0.15, 0.2) is 5.82 Å². The summed E-state index contributed by atoms with van der Waals surface area (Å²) in [5, 5.41) is 1.21. The first-order valence-corrected chi connectivity index (χ1v) is 9.38. The minimum absolute atomic E-state index is 0.257. The Morgan fingerprint density at radius 1 is 1.20 bits per heavy atom. The first kappa shape index (κ1) is 17.0. The summed E-state index contributed by atoms with van der Waals surface area (Å²) in [4.78, 5) is 8.84. The number of benzene rings is 1. The van der Waals surface area contributed by atoms with Crippen LogP contribution in [0.1, 0.15) is 12.8 Å². The Balaban J connectivity index is 1.53. The highest BCUT2D eigenvalue weighted by molar-refractivity contribution is 6.35. The quantitative estimate of drug-likeness (QED) is 0.833. The molecular formula is C19H23ClFN3O. The normalized spacial score (nSPS) is 22.5. The van der Waals surface area contributed by atoms with Gasteiger partial charge in [-0.25, -0.2) is 4.39 Å². The molecule has 0 bridgehead atoms. The van der Waals surface area contributed by atoms with Gasteiger partial charge in [-0.15, -0.1) is 0 Å². The minimum atomic E-state index is -0.257. The third-order valence-electron chi connectivity index (χ3n) is 5.26. The molecule has 3 heterocycles. The first-order valence-electron chi connectivity index (χ1n) is 9.00. The summed E-state index contributed by atoms with van der Waals surface area (Å²) in [6.45, 7) is 6.50. The molecule has 2 saturated heterocycles. The number of piperidine rings is 1. The van der Waals surface area contributed by atoms with Crippen LogP contribution in [0.2, 0.25) is 5.02 Å². The average Bonchev–Trinajstić information content (AvgIpc) is 2.64. The lowest BCUT2D eigenvalue weighted by Gasteiger charge is -2.38. The minimum Gasteiger partial charge on any atom is -0.379 e. The van der Waals surface area contributed by atoms with Crippen molar-refractivity contribution in [3.8, 4) is 0 Å². The van der Waals surface area contributed by atoms with Crippen LogP contribution in [0.25, 0.3) is 10.9 Å². The van der Waals surface area contributed by atoms with E-state index in [2.05, 4.69) is 14.8 Å². The van der Waals surface area contributed by atoms with Crippen molar-refractivity contribution in [2.45, 2.75) is 12.8 Å². The van der Waals surface area contributed by atoms with Gasteiger partial charge in [-0.2, -0.15) is 0 Å². The molecule has 1 unspecified atom stereocenters. The van der Waals surface area contributed by atoms with Crippen LogP contribution in [0.3, 0.4) is 0 Å². The molecule has 1 atom stereocenters. The molecule has 4 nitrogen and oxygen atoms in total. The first-order chi connectivity index (χ1) is 12.2. The third kappa shape index (κ3) is 3.59. The van der Waals surface area contributed by atoms with Gasteiger partial charge >= 0.3 is 0 Å². The summed E-state index contributed by atoms with van der Waals surface area (Å²) >= 11 is 6.16. The smallest absolute Gasteiger partial charge is 0.172 e. The van der Waals surface area contributed by atoms with Gasteiger partial charge in [-0.1, -0.05) is 11.6 Å². The van der Waals surface area contributed by atoms with Crippen molar-refractivity contribution in [1.29, 1.82) is 0 Å². The van der Waals surface area contributed by atoms with Gasteiger partial charge in [0.2, 0.25) is 0 Å². The van der Waals surface area contributed by atoms with E-state index in [9.17, 15) is 0 Å². The Morgan fingerprint density at radius 3 is 2.88 bits per heavy atom. The maximum absolute atomic E-state index is 15.0. The van der Waals surface area contributed by atoms with E-state index in [1.165, 1.54) is 6.42 Å². The zero-order valence-electron chi connectivity index (χ0n) is 14.3. The van der Waals surface area contributed by atoms with E-state index < -0.39 is 0 Å². The summed E-state index contributed by atoms with van der Waals surface area (Å²) in [5.74, 6) is 0.307. The van der Waals surface area contributed by atoms with Gasteiger partial charge in [-0.05, 0) is 37.0 Å². The fourth-order valence-corrected chi connectivity index (χ4v) is 4.17. The highest BCUT2D eigenvalue weighted by Gasteiger charge is 2.25. The SMILES string of the molecule is Fc1c(N2CCCC(CN3CCOCC3)C2)ccc2c(Cl)ccnc12. The van der Waals surface area contributed by atoms with Crippen LogP contribution in [0.15, 0.2) is 24.4 Å². The summed E-state index contributed by atoms with van der Waals surface area (Å²) in [5.41, 5.74) is 1.01. The van der Waals surface area contributed by atoms with Gasteiger partial charge < -0.3 is 9.64 Å². The lowest BCUT2D eigenvalue weighted by molar-refractivity contribution is 0.0296. The monoisotopic (exact) mass is 363 g/mol. The van der Waals surface area contributed by atoms with Crippen LogP contribution >= 0.6 is 11.6 Å². The number of hydrogen-bond donors (Lipinski definition) is 0. The second-order valence-corrected chi connectivity index (χ2v) is 7.36. The molecule has 6 heteroatoms. The van der Waals surface area contributed by atoms with Gasteiger partial charge in [0, 0.05) is 44.3 Å². The summed E-state index contributed by atoms with van der Waals surface area (Å²) in [6, 6.07) is 5.43. The predicted octanol–water partition coefficient (Wildman–Crippen LogP) is 3.58. The highest BCUT2D eigenvalue weighted by Crippen LogP contribution is 2.32. The molecule has 134 valence electrons. The predicted molar refractivity (Wildman–Crippen MR) is 98.9 cm³/mol. The van der Waals surface area contributed by atoms with E-state index in [4.69, 9.17) is 16.3 Å². The molecular weight excluding hydrogens is 341 g/mol. The van der Waals surface area contributed by atoms with Crippen molar-refractivity contribution in [1.82, 2.24) is 9.88 Å². The van der Waals surface area contributed by atoms with Crippen LogP contribution in [0.5, 0.6) is 0 Å². The number of halogens is 2. The Morgan fingerprint density at radius 2 is 2.04 bits per heavy atom. The van der Waals surface area contributed by atoms with Crippen LogP contribution in [-0.2, 0) is 4.74 Å². The summed E-state index contributed by atoms with van der Waals surface area (Å²) < 4.78 is 20.5. The molecule has 4 rings (SSSR count). The Hall–Kier alpha value is -1.43. The van der Waals surface area contributed by atoms with Gasteiger partial charge in [0.1, 0.15) is 5.52 Å². The number of hydrogen-bond acceptors (Lipinski definition) is 4. The van der Waals surface area contributed by atoms with Crippen molar-refractivity contribution in [2.24, 2.45) is 5.92 Å². The molecule has 0 aliphatic carbocycles. The van der Waals surface area contributed by atoms with Crippen LogP contribution in [-0.4, -0.2) is 55.8 Å². The van der Waals surface area contributed by atoms with Crippen LogP contribution in [0.4, 0.5) is 10.1 Å². The van der Waals surface area contributed by atoms with Crippen molar-refractivity contribution in [3.05, 3.63) is 35.2 Å². The zero-order valence-corrected chi connectivity index (χ0v) is 15.0. The Labute approximate surface area is 152 Å². The zero-order chi connectivity index (χ0) is 17.2. The lowest BCUT2D eigenvalue weighted by atomic mass is 9.96. The number of fused-ring (bicyclic) bond motifs is 1. The van der Waals surface area contributed by atoms with Crippen LogP contribution in [0, 0.1) is 11.7 Å². The molecule has 2 aromatic rings. The van der Waals surface area contributed by atoms with E-state index in [-0.39, 0.29) is 5.82 Å². The van der Waals surface area contributed by atoms with Crippen molar-refractivity contribution in [2.75, 3.05) is 50.8 Å². The number of morpholine rings is 1. The molecule has 0 spiro atoms. The number of nitrogens with zero attached hydrogens (tertiary/aromatic N) is 3. The van der Waals surface area contributed by atoms with E-state index in [1.807, 2.05) is 12.1 Å². The largest absolute Gasteiger partial charge is 0.379 e. The van der Waals surface area contributed by atoms with Crippen molar-refractivity contribution >= 4 is 28.2 Å². The maximum Gasteiger partial charge on any atom is 0.172 e. The Kier molecular flexibility index (Phi) is 5.06. The Bertz CT molecular complexity index is 751. The lowest BCUT2D eigenvalue weighted by Crippen LogP contribution is -2.44. The third-order valence-corrected chi connectivity index (χ3v) is 5.59. The molecule has 1 aromatic carbocycles. The number of pyridine rings is 1. The number of aromatic nitrogens is 1. The molecule has 0 N–H and O–H groups in total. The summed E-state index contributed by atoms with van der Waals surface area (Å²) in [6.07, 6.45) is 3.86. The molecule has 0 radical (unpaired) electrons. The molecule has 1 aromatic heterocycles. The molecule has 2 aliphatic rings.